The molecule has 2 aromatic rings. The van der Waals surface area contributed by atoms with E-state index in [1.54, 1.807) is 10.7 Å². The van der Waals surface area contributed by atoms with E-state index in [2.05, 4.69) is 15.3 Å². The van der Waals surface area contributed by atoms with Gasteiger partial charge in [0, 0.05) is 31.9 Å². The molecule has 0 amide bonds. The molecule has 1 aromatic carbocycles. The number of nitrogens with one attached hydrogen (secondary N) is 1. The average Bonchev–Trinajstić information content (AvgIpc) is 3.07. The second kappa shape index (κ2) is 8.37. The summed E-state index contributed by atoms with van der Waals surface area (Å²) in [4.78, 5) is 2.46. The van der Waals surface area contributed by atoms with Gasteiger partial charge in [0.2, 0.25) is 0 Å². The Kier molecular flexibility index (Phi) is 5.96. The van der Waals surface area contributed by atoms with Crippen LogP contribution in [0.1, 0.15) is 12.8 Å². The zero-order chi connectivity index (χ0) is 16.8. The van der Waals surface area contributed by atoms with Gasteiger partial charge in [0.25, 0.3) is 0 Å². The fourth-order valence-electron chi connectivity index (χ4n) is 2.74. The lowest BCUT2D eigenvalue weighted by molar-refractivity contribution is 0.0373. The monoisotopic (exact) mass is 349 g/mol. The van der Waals surface area contributed by atoms with Gasteiger partial charge in [-0.3, -0.25) is 4.90 Å². The molecule has 1 aromatic heterocycles. The van der Waals surface area contributed by atoms with Crippen molar-refractivity contribution in [1.82, 2.24) is 14.7 Å². The minimum Gasteiger partial charge on any atom is -0.397 e. The van der Waals surface area contributed by atoms with Gasteiger partial charge in [0.15, 0.2) is 0 Å². The predicted octanol–water partition coefficient (Wildman–Crippen LogP) is 2.63. The first-order valence-corrected chi connectivity index (χ1v) is 8.75. The lowest BCUT2D eigenvalue weighted by atomic mass is 10.2. The van der Waals surface area contributed by atoms with Gasteiger partial charge < -0.3 is 15.8 Å². The number of hydrogen-bond donors (Lipinski definition) is 2. The summed E-state index contributed by atoms with van der Waals surface area (Å²) in [6.07, 6.45) is 4.22. The van der Waals surface area contributed by atoms with E-state index in [0.717, 1.165) is 57.3 Å². The lowest BCUT2D eigenvalue weighted by Crippen LogP contribution is -2.36. The van der Waals surface area contributed by atoms with E-state index >= 15 is 0 Å². The molecule has 0 spiro atoms. The molecule has 0 radical (unpaired) electrons. The number of ether oxygens (including phenoxy) is 1. The van der Waals surface area contributed by atoms with E-state index in [9.17, 15) is 0 Å². The minimum absolute atomic E-state index is 0.558. The number of unbranched alkanes of at least 4 members (excludes halogenated alkanes) is 1. The van der Waals surface area contributed by atoms with Crippen LogP contribution in [-0.4, -0.2) is 54.1 Å². The van der Waals surface area contributed by atoms with E-state index in [0.29, 0.717) is 10.7 Å². The Balaban J connectivity index is 1.41. The zero-order valence-corrected chi connectivity index (χ0v) is 14.5. The van der Waals surface area contributed by atoms with Crippen LogP contribution in [0.3, 0.4) is 0 Å². The van der Waals surface area contributed by atoms with Crippen molar-refractivity contribution in [2.45, 2.75) is 12.8 Å². The van der Waals surface area contributed by atoms with Gasteiger partial charge in [-0.15, -0.1) is 0 Å². The van der Waals surface area contributed by atoms with Crippen molar-refractivity contribution in [2.24, 2.45) is 0 Å². The topological polar surface area (TPSA) is 68.3 Å². The Bertz CT molecular complexity index is 654. The number of nitrogen functional groups attached to an aromatic ring is 1. The highest BCUT2D eigenvalue weighted by atomic mass is 35.5. The SMILES string of the molecule is Nc1cc(-n2ccc(NCCCCN3CCOCC3)n2)ccc1Cl. The van der Waals surface area contributed by atoms with Crippen molar-refractivity contribution in [1.29, 1.82) is 0 Å². The van der Waals surface area contributed by atoms with Crippen LogP contribution in [0.25, 0.3) is 5.69 Å². The highest BCUT2D eigenvalue weighted by Gasteiger charge is 2.09. The van der Waals surface area contributed by atoms with Gasteiger partial charge >= 0.3 is 0 Å². The Morgan fingerprint density at radius 1 is 1.21 bits per heavy atom. The Morgan fingerprint density at radius 2 is 2.04 bits per heavy atom. The third-order valence-electron chi connectivity index (χ3n) is 4.14. The number of nitrogens with zero attached hydrogens (tertiary/aromatic N) is 3. The summed E-state index contributed by atoms with van der Waals surface area (Å²) < 4.78 is 7.15. The molecule has 130 valence electrons. The fraction of sp³-hybridized carbons (Fsp3) is 0.471. The molecule has 1 fully saturated rings. The van der Waals surface area contributed by atoms with Gasteiger partial charge in [-0.2, -0.15) is 5.10 Å². The molecule has 2 heterocycles. The third-order valence-corrected chi connectivity index (χ3v) is 4.49. The fourth-order valence-corrected chi connectivity index (χ4v) is 2.85. The van der Waals surface area contributed by atoms with Gasteiger partial charge in [-0.25, -0.2) is 4.68 Å². The van der Waals surface area contributed by atoms with Crippen molar-refractivity contribution in [3.05, 3.63) is 35.5 Å². The maximum Gasteiger partial charge on any atom is 0.148 e. The van der Waals surface area contributed by atoms with Gasteiger partial charge in [0.1, 0.15) is 5.82 Å². The number of benzene rings is 1. The van der Waals surface area contributed by atoms with E-state index in [1.807, 2.05) is 24.4 Å². The van der Waals surface area contributed by atoms with Crippen LogP contribution in [-0.2, 0) is 4.74 Å². The molecule has 0 saturated carbocycles. The zero-order valence-electron chi connectivity index (χ0n) is 13.7. The first kappa shape index (κ1) is 17.1. The molecular weight excluding hydrogens is 326 g/mol. The molecule has 1 saturated heterocycles. The molecule has 0 aliphatic carbocycles. The molecule has 24 heavy (non-hydrogen) atoms. The molecule has 1 aliphatic heterocycles. The van der Waals surface area contributed by atoms with Crippen LogP contribution in [0.15, 0.2) is 30.5 Å². The van der Waals surface area contributed by atoms with E-state index in [-0.39, 0.29) is 0 Å². The maximum absolute atomic E-state index is 5.95. The van der Waals surface area contributed by atoms with Crippen molar-refractivity contribution < 1.29 is 4.74 Å². The van der Waals surface area contributed by atoms with Crippen LogP contribution < -0.4 is 11.1 Å². The first-order chi connectivity index (χ1) is 11.7. The van der Waals surface area contributed by atoms with Crippen LogP contribution in [0, 0.1) is 0 Å². The molecule has 0 unspecified atom stereocenters. The largest absolute Gasteiger partial charge is 0.397 e. The summed E-state index contributed by atoms with van der Waals surface area (Å²) >= 11 is 5.95. The average molecular weight is 350 g/mol. The number of anilines is 2. The summed E-state index contributed by atoms with van der Waals surface area (Å²) in [7, 11) is 0. The van der Waals surface area contributed by atoms with Crippen LogP contribution >= 0.6 is 11.6 Å². The van der Waals surface area contributed by atoms with Crippen molar-refractivity contribution in [3.8, 4) is 5.69 Å². The maximum atomic E-state index is 5.95. The molecule has 3 rings (SSSR count). The Labute approximate surface area is 147 Å². The summed E-state index contributed by atoms with van der Waals surface area (Å²) in [6, 6.07) is 7.47. The van der Waals surface area contributed by atoms with Crippen LogP contribution in [0.5, 0.6) is 0 Å². The van der Waals surface area contributed by atoms with E-state index in [1.165, 1.54) is 6.42 Å². The summed E-state index contributed by atoms with van der Waals surface area (Å²) in [6.45, 7) is 5.91. The Morgan fingerprint density at radius 3 is 2.83 bits per heavy atom. The summed E-state index contributed by atoms with van der Waals surface area (Å²) in [5, 5.41) is 8.44. The lowest BCUT2D eigenvalue weighted by Gasteiger charge is -2.26. The molecule has 0 atom stereocenters. The number of nitrogens with two attached hydrogens (primary N) is 1. The Hall–Kier alpha value is -1.76. The second-order valence-corrected chi connectivity index (χ2v) is 6.35. The predicted molar refractivity (Wildman–Crippen MR) is 98.0 cm³/mol. The summed E-state index contributed by atoms with van der Waals surface area (Å²) in [5.41, 5.74) is 7.30. The molecule has 3 N–H and O–H groups in total. The van der Waals surface area contributed by atoms with Gasteiger partial charge in [-0.1, -0.05) is 11.6 Å². The number of morpholine rings is 1. The number of hydrogen-bond acceptors (Lipinski definition) is 5. The molecule has 0 bridgehead atoms. The molecule has 6 nitrogen and oxygen atoms in total. The minimum atomic E-state index is 0.558. The first-order valence-electron chi connectivity index (χ1n) is 8.37. The van der Waals surface area contributed by atoms with Crippen LogP contribution in [0.2, 0.25) is 5.02 Å². The quantitative estimate of drug-likeness (QED) is 0.594. The van der Waals surface area contributed by atoms with E-state index in [4.69, 9.17) is 22.1 Å². The smallest absolute Gasteiger partial charge is 0.148 e. The third kappa shape index (κ3) is 4.63. The molecule has 7 heteroatoms. The van der Waals surface area contributed by atoms with Gasteiger partial charge in [-0.05, 0) is 37.6 Å². The second-order valence-electron chi connectivity index (χ2n) is 5.94. The normalized spacial score (nSPS) is 15.5. The number of aromatic nitrogens is 2. The highest BCUT2D eigenvalue weighted by Crippen LogP contribution is 2.21. The van der Waals surface area contributed by atoms with Crippen molar-refractivity contribution in [2.75, 3.05) is 50.4 Å². The highest BCUT2D eigenvalue weighted by molar-refractivity contribution is 6.33. The standard InChI is InChI=1S/C17H24ClN5O/c18-15-4-3-14(13-16(15)19)23-8-5-17(21-23)20-6-1-2-7-22-9-11-24-12-10-22/h3-5,8,13H,1-2,6-7,9-12,19H2,(H,20,21). The van der Waals surface area contributed by atoms with Crippen LogP contribution in [0.4, 0.5) is 11.5 Å². The van der Waals surface area contributed by atoms with Crippen molar-refractivity contribution >= 4 is 23.1 Å². The van der Waals surface area contributed by atoms with E-state index < -0.39 is 0 Å². The molecule has 1 aliphatic rings. The summed E-state index contributed by atoms with van der Waals surface area (Å²) in [5.74, 6) is 0.870. The van der Waals surface area contributed by atoms with Gasteiger partial charge in [0.05, 0.1) is 29.6 Å². The number of rotatable bonds is 7. The van der Waals surface area contributed by atoms with Crippen molar-refractivity contribution in [3.63, 3.8) is 0 Å². The number of halogens is 1. The molecular formula is C17H24ClN5O.